The number of rotatable bonds is 6. The first kappa shape index (κ1) is 15.7. The Morgan fingerprint density at radius 2 is 2.00 bits per heavy atom. The smallest absolute Gasteiger partial charge is 0.0249 e. The van der Waals surface area contributed by atoms with Crippen LogP contribution < -0.4 is 5.32 Å². The maximum Gasteiger partial charge on any atom is 0.0249 e. The molecule has 0 aliphatic heterocycles. The molecule has 0 heterocycles. The Morgan fingerprint density at radius 3 is 2.61 bits per heavy atom. The van der Waals surface area contributed by atoms with E-state index < -0.39 is 0 Å². The first-order valence-corrected chi connectivity index (χ1v) is 7.26. The van der Waals surface area contributed by atoms with Crippen LogP contribution in [0.3, 0.4) is 0 Å². The standard InChI is InChI=1S/C15H25BrN2/c1-12-6-7-14(16)10-13(12)8-9-18(5)11-15(2,3)17-4/h6-7,10,17H,8-9,11H2,1-5H3. The Labute approximate surface area is 120 Å². The summed E-state index contributed by atoms with van der Waals surface area (Å²) in [6.07, 6.45) is 1.10. The monoisotopic (exact) mass is 312 g/mol. The topological polar surface area (TPSA) is 15.3 Å². The van der Waals surface area contributed by atoms with Gasteiger partial charge in [0.15, 0.2) is 0 Å². The van der Waals surface area contributed by atoms with Crippen LogP contribution in [0.4, 0.5) is 0 Å². The fraction of sp³-hybridized carbons (Fsp3) is 0.600. The van der Waals surface area contributed by atoms with Crippen molar-refractivity contribution < 1.29 is 0 Å². The number of nitrogens with zero attached hydrogens (tertiary/aromatic N) is 1. The van der Waals surface area contributed by atoms with Gasteiger partial charge < -0.3 is 10.2 Å². The van der Waals surface area contributed by atoms with Crippen molar-refractivity contribution in [2.24, 2.45) is 0 Å². The van der Waals surface area contributed by atoms with Crippen molar-refractivity contribution in [1.82, 2.24) is 10.2 Å². The van der Waals surface area contributed by atoms with E-state index in [1.165, 1.54) is 15.6 Å². The molecule has 1 aromatic rings. The molecule has 0 fully saturated rings. The van der Waals surface area contributed by atoms with Crippen molar-refractivity contribution in [1.29, 1.82) is 0 Å². The predicted molar refractivity (Wildman–Crippen MR) is 83.2 cm³/mol. The summed E-state index contributed by atoms with van der Waals surface area (Å²) < 4.78 is 1.17. The first-order chi connectivity index (χ1) is 8.34. The molecule has 18 heavy (non-hydrogen) atoms. The van der Waals surface area contributed by atoms with E-state index in [9.17, 15) is 0 Å². The summed E-state index contributed by atoms with van der Waals surface area (Å²) in [7, 11) is 4.21. The molecular weight excluding hydrogens is 288 g/mol. The van der Waals surface area contributed by atoms with Crippen LogP contribution >= 0.6 is 15.9 Å². The Kier molecular flexibility index (Phi) is 5.83. The average Bonchev–Trinajstić information content (AvgIpc) is 2.30. The lowest BCUT2D eigenvalue weighted by molar-refractivity contribution is 0.246. The molecule has 0 aliphatic rings. The van der Waals surface area contributed by atoms with E-state index in [0.717, 1.165) is 19.5 Å². The molecule has 0 aliphatic carbocycles. The van der Waals surface area contributed by atoms with Crippen molar-refractivity contribution in [3.05, 3.63) is 33.8 Å². The molecule has 0 saturated carbocycles. The lowest BCUT2D eigenvalue weighted by atomic mass is 10.0. The van der Waals surface area contributed by atoms with Crippen molar-refractivity contribution >= 4 is 15.9 Å². The molecule has 1 N–H and O–H groups in total. The van der Waals surface area contributed by atoms with Crippen molar-refractivity contribution in [3.63, 3.8) is 0 Å². The highest BCUT2D eigenvalue weighted by Crippen LogP contribution is 2.17. The van der Waals surface area contributed by atoms with E-state index in [4.69, 9.17) is 0 Å². The zero-order chi connectivity index (χ0) is 13.8. The van der Waals surface area contributed by atoms with Gasteiger partial charge in [0.2, 0.25) is 0 Å². The largest absolute Gasteiger partial charge is 0.314 e. The third kappa shape index (κ3) is 5.09. The molecule has 0 aromatic heterocycles. The van der Waals surface area contributed by atoms with Gasteiger partial charge in [0.1, 0.15) is 0 Å². The van der Waals surface area contributed by atoms with Gasteiger partial charge in [-0.2, -0.15) is 0 Å². The van der Waals surface area contributed by atoms with Crippen LogP contribution in [0.1, 0.15) is 25.0 Å². The van der Waals surface area contributed by atoms with Gasteiger partial charge in [-0.05, 0) is 64.5 Å². The van der Waals surface area contributed by atoms with Gasteiger partial charge in [-0.15, -0.1) is 0 Å². The van der Waals surface area contributed by atoms with E-state index in [2.05, 4.69) is 72.2 Å². The molecule has 0 atom stereocenters. The number of benzene rings is 1. The van der Waals surface area contributed by atoms with Crippen molar-refractivity contribution in [2.75, 3.05) is 27.2 Å². The van der Waals surface area contributed by atoms with E-state index in [1.54, 1.807) is 0 Å². The second-order valence-electron chi connectivity index (χ2n) is 5.69. The summed E-state index contributed by atoms with van der Waals surface area (Å²) in [5, 5.41) is 3.34. The van der Waals surface area contributed by atoms with Crippen LogP contribution in [0.25, 0.3) is 0 Å². The molecule has 0 saturated heterocycles. The minimum absolute atomic E-state index is 0.168. The lowest BCUT2D eigenvalue weighted by Crippen LogP contribution is -2.46. The molecule has 1 aromatic carbocycles. The average molecular weight is 313 g/mol. The third-order valence-corrected chi connectivity index (χ3v) is 3.91. The van der Waals surface area contributed by atoms with Crippen LogP contribution in [0, 0.1) is 6.92 Å². The number of halogens is 1. The highest BCUT2D eigenvalue weighted by Gasteiger charge is 2.16. The quantitative estimate of drug-likeness (QED) is 0.867. The molecule has 102 valence electrons. The Morgan fingerprint density at radius 1 is 1.33 bits per heavy atom. The van der Waals surface area contributed by atoms with Gasteiger partial charge in [0, 0.05) is 23.1 Å². The molecule has 1 rings (SSSR count). The van der Waals surface area contributed by atoms with Gasteiger partial charge in [-0.25, -0.2) is 0 Å². The second-order valence-corrected chi connectivity index (χ2v) is 6.61. The van der Waals surface area contributed by atoms with E-state index in [1.807, 2.05) is 7.05 Å². The van der Waals surface area contributed by atoms with Crippen LogP contribution in [-0.4, -0.2) is 37.6 Å². The highest BCUT2D eigenvalue weighted by molar-refractivity contribution is 9.10. The van der Waals surface area contributed by atoms with Crippen LogP contribution in [0.15, 0.2) is 22.7 Å². The first-order valence-electron chi connectivity index (χ1n) is 6.46. The zero-order valence-corrected chi connectivity index (χ0v) is 13.8. The molecule has 0 amide bonds. The normalized spacial score (nSPS) is 12.2. The molecular formula is C15H25BrN2. The maximum atomic E-state index is 3.54. The van der Waals surface area contributed by atoms with Crippen molar-refractivity contribution in [2.45, 2.75) is 32.7 Å². The Bertz CT molecular complexity index is 388. The van der Waals surface area contributed by atoms with Crippen LogP contribution in [0.5, 0.6) is 0 Å². The molecule has 3 heteroatoms. The molecule has 0 bridgehead atoms. The van der Waals surface area contributed by atoms with Crippen molar-refractivity contribution in [3.8, 4) is 0 Å². The number of aryl methyl sites for hydroxylation is 1. The minimum atomic E-state index is 0.168. The predicted octanol–water partition coefficient (Wildman–Crippen LogP) is 3.23. The van der Waals surface area contributed by atoms with E-state index in [0.29, 0.717) is 0 Å². The van der Waals surface area contributed by atoms with Gasteiger partial charge in [0.05, 0.1) is 0 Å². The van der Waals surface area contributed by atoms with E-state index in [-0.39, 0.29) is 5.54 Å². The summed E-state index contributed by atoms with van der Waals surface area (Å²) in [5.41, 5.74) is 2.97. The minimum Gasteiger partial charge on any atom is -0.314 e. The maximum absolute atomic E-state index is 3.54. The number of hydrogen-bond acceptors (Lipinski definition) is 2. The fourth-order valence-electron chi connectivity index (χ4n) is 2.05. The van der Waals surface area contributed by atoms with Crippen LogP contribution in [-0.2, 0) is 6.42 Å². The van der Waals surface area contributed by atoms with Gasteiger partial charge in [-0.3, -0.25) is 0 Å². The van der Waals surface area contributed by atoms with Gasteiger partial charge in [-0.1, -0.05) is 22.0 Å². The third-order valence-electron chi connectivity index (χ3n) is 3.42. The van der Waals surface area contributed by atoms with E-state index >= 15 is 0 Å². The summed E-state index contributed by atoms with van der Waals surface area (Å²) in [4.78, 5) is 2.39. The summed E-state index contributed by atoms with van der Waals surface area (Å²) in [5.74, 6) is 0. The highest BCUT2D eigenvalue weighted by atomic mass is 79.9. The number of nitrogens with one attached hydrogen (secondary N) is 1. The molecule has 2 nitrogen and oxygen atoms in total. The molecule has 0 radical (unpaired) electrons. The Balaban J connectivity index is 2.52. The molecule has 0 spiro atoms. The number of hydrogen-bond donors (Lipinski definition) is 1. The lowest BCUT2D eigenvalue weighted by Gasteiger charge is -2.30. The fourth-order valence-corrected chi connectivity index (χ4v) is 2.46. The molecule has 0 unspecified atom stereocenters. The SMILES string of the molecule is CNC(C)(C)CN(C)CCc1cc(Br)ccc1C. The summed E-state index contributed by atoms with van der Waals surface area (Å²) >= 11 is 3.54. The zero-order valence-electron chi connectivity index (χ0n) is 12.2. The van der Waals surface area contributed by atoms with Gasteiger partial charge in [0.25, 0.3) is 0 Å². The number of likely N-dealkylation sites (N-methyl/N-ethyl adjacent to an activating group) is 2. The Hall–Kier alpha value is -0.380. The van der Waals surface area contributed by atoms with Crippen LogP contribution in [0.2, 0.25) is 0 Å². The second kappa shape index (κ2) is 6.69. The summed E-state index contributed by atoms with van der Waals surface area (Å²) in [6.45, 7) is 8.78. The van der Waals surface area contributed by atoms with Gasteiger partial charge >= 0.3 is 0 Å². The summed E-state index contributed by atoms with van der Waals surface area (Å²) in [6, 6.07) is 6.51.